The number of nitrogens with one attached hydrogen (secondary N) is 1. The highest BCUT2D eigenvalue weighted by Gasteiger charge is 2.53. The van der Waals surface area contributed by atoms with Gasteiger partial charge in [0.05, 0.1) is 5.60 Å². The minimum Gasteiger partial charge on any atom is -0.385 e. The Bertz CT molecular complexity index is 909. The van der Waals surface area contributed by atoms with Crippen LogP contribution in [0.5, 0.6) is 0 Å². The van der Waals surface area contributed by atoms with Gasteiger partial charge >= 0.3 is 0 Å². The molecule has 4 atom stereocenters. The van der Waals surface area contributed by atoms with Gasteiger partial charge in [-0.25, -0.2) is 4.39 Å². The summed E-state index contributed by atoms with van der Waals surface area (Å²) in [5.74, 6) is 0.492. The predicted molar refractivity (Wildman–Crippen MR) is 102 cm³/mol. The van der Waals surface area contributed by atoms with Crippen LogP contribution in [-0.2, 0) is 18.4 Å². The quantitative estimate of drug-likeness (QED) is 0.838. The Morgan fingerprint density at radius 3 is 2.86 bits per heavy atom. The van der Waals surface area contributed by atoms with Crippen LogP contribution in [0.4, 0.5) is 4.39 Å². The van der Waals surface area contributed by atoms with Crippen LogP contribution in [0, 0.1) is 23.6 Å². The van der Waals surface area contributed by atoms with E-state index in [2.05, 4.69) is 17.1 Å². The summed E-state index contributed by atoms with van der Waals surface area (Å²) in [7, 11) is 0. The van der Waals surface area contributed by atoms with E-state index < -0.39 is 5.60 Å². The summed E-state index contributed by atoms with van der Waals surface area (Å²) in [6.45, 7) is 3.39. The third-order valence-corrected chi connectivity index (χ3v) is 7.18. The number of hydrogen-bond donors (Lipinski definition) is 2. The second-order valence-corrected chi connectivity index (χ2v) is 8.92. The molecular formula is C22H26FN3O2. The van der Waals surface area contributed by atoms with E-state index in [1.807, 2.05) is 4.90 Å². The first kappa shape index (κ1) is 17.9. The number of aryl methyl sites for hydroxylation is 1. The summed E-state index contributed by atoms with van der Waals surface area (Å²) in [6.07, 6.45) is 4.50. The molecule has 0 bridgehead atoms. The highest BCUT2D eigenvalue weighted by atomic mass is 19.1. The van der Waals surface area contributed by atoms with Gasteiger partial charge in [-0.1, -0.05) is 19.1 Å². The van der Waals surface area contributed by atoms with Gasteiger partial charge in [0.25, 0.3) is 5.91 Å². The summed E-state index contributed by atoms with van der Waals surface area (Å²) in [4.78, 5) is 15.1. The summed E-state index contributed by atoms with van der Waals surface area (Å²) >= 11 is 0. The number of aromatic amines is 1. The molecule has 0 unspecified atom stereocenters. The normalized spacial score (nSPS) is 31.7. The second kappa shape index (κ2) is 6.41. The summed E-state index contributed by atoms with van der Waals surface area (Å²) in [5.41, 5.74) is 2.50. The monoisotopic (exact) mass is 383 g/mol. The first-order chi connectivity index (χ1) is 13.5. The number of nitrogens with zero attached hydrogens (tertiary/aromatic N) is 2. The number of halogens is 1. The number of benzene rings is 1. The zero-order valence-corrected chi connectivity index (χ0v) is 16.1. The number of hydrogen-bond acceptors (Lipinski definition) is 3. The number of aromatic nitrogens is 2. The maximum atomic E-state index is 13.3. The largest absolute Gasteiger partial charge is 0.385 e. The fraction of sp³-hybridized carbons (Fsp3) is 0.545. The number of aliphatic hydroxyl groups is 1. The van der Waals surface area contributed by atoms with Crippen LogP contribution in [0.3, 0.4) is 0 Å². The maximum absolute atomic E-state index is 13.3. The first-order valence-electron chi connectivity index (χ1n) is 10.3. The number of carbonyl (C=O) groups is 1. The van der Waals surface area contributed by atoms with E-state index in [0.717, 1.165) is 42.5 Å². The van der Waals surface area contributed by atoms with Gasteiger partial charge in [0.1, 0.15) is 5.82 Å². The van der Waals surface area contributed by atoms with Gasteiger partial charge in [-0.3, -0.25) is 9.89 Å². The van der Waals surface area contributed by atoms with Gasteiger partial charge in [-0.15, -0.1) is 0 Å². The molecule has 1 saturated heterocycles. The number of likely N-dealkylation sites (tertiary alicyclic amines) is 1. The van der Waals surface area contributed by atoms with Crippen LogP contribution >= 0.6 is 0 Å². The molecule has 1 amide bonds. The standard InChI is InChI=1S/C22H26FN3O2/c1-13-2-7-19-17(10-13)20(25-24-19)21(27)26-11-14-8-9-22(28,18(14)12-26)15-3-5-16(23)6-4-15/h3-6,13-14,18,28H,2,7-12H2,1H3,(H,24,25)/t13-,14-,18+,22+/m1/s1. The smallest absolute Gasteiger partial charge is 0.274 e. The molecule has 0 radical (unpaired) electrons. The summed E-state index contributed by atoms with van der Waals surface area (Å²) in [6, 6.07) is 6.15. The van der Waals surface area contributed by atoms with Crippen molar-refractivity contribution in [3.8, 4) is 0 Å². The number of fused-ring (bicyclic) bond motifs is 2. The molecule has 6 heteroatoms. The molecule has 148 valence electrons. The second-order valence-electron chi connectivity index (χ2n) is 8.92. The fourth-order valence-corrected chi connectivity index (χ4v) is 5.55. The highest BCUT2D eigenvalue weighted by molar-refractivity contribution is 5.94. The lowest BCUT2D eigenvalue weighted by Crippen LogP contribution is -2.37. The Balaban J connectivity index is 1.38. The predicted octanol–water partition coefficient (Wildman–Crippen LogP) is 3.04. The van der Waals surface area contributed by atoms with E-state index in [4.69, 9.17) is 0 Å². The fourth-order valence-electron chi connectivity index (χ4n) is 5.55. The topological polar surface area (TPSA) is 69.2 Å². The van der Waals surface area contributed by atoms with Crippen molar-refractivity contribution in [3.05, 3.63) is 52.6 Å². The number of amides is 1. The average Bonchev–Trinajstić information content (AvgIpc) is 3.37. The molecule has 2 heterocycles. The molecule has 1 saturated carbocycles. The number of H-pyrrole nitrogens is 1. The van der Waals surface area contributed by atoms with Crippen molar-refractivity contribution < 1.29 is 14.3 Å². The molecule has 0 spiro atoms. The van der Waals surface area contributed by atoms with E-state index in [-0.39, 0.29) is 23.6 Å². The molecule has 28 heavy (non-hydrogen) atoms. The van der Waals surface area contributed by atoms with E-state index in [0.29, 0.717) is 31.1 Å². The van der Waals surface area contributed by atoms with Crippen molar-refractivity contribution in [3.63, 3.8) is 0 Å². The molecule has 2 aliphatic carbocycles. The van der Waals surface area contributed by atoms with Crippen molar-refractivity contribution in [1.82, 2.24) is 15.1 Å². The van der Waals surface area contributed by atoms with Gasteiger partial charge in [-0.2, -0.15) is 5.10 Å². The Morgan fingerprint density at radius 2 is 2.07 bits per heavy atom. The van der Waals surface area contributed by atoms with Crippen molar-refractivity contribution in [2.75, 3.05) is 13.1 Å². The molecule has 2 fully saturated rings. The Hall–Kier alpha value is -2.21. The SMILES string of the molecule is C[C@@H]1CCc2[nH]nc(C(=O)N3C[C@H]4CC[C@](O)(c5ccc(F)cc5)[C@H]4C3)c2C1. The van der Waals surface area contributed by atoms with Crippen molar-refractivity contribution in [1.29, 1.82) is 0 Å². The lowest BCUT2D eigenvalue weighted by molar-refractivity contribution is -0.00596. The summed E-state index contributed by atoms with van der Waals surface area (Å²) < 4.78 is 13.3. The van der Waals surface area contributed by atoms with Gasteiger partial charge in [0.2, 0.25) is 0 Å². The van der Waals surface area contributed by atoms with Gasteiger partial charge in [0, 0.05) is 30.3 Å². The zero-order chi connectivity index (χ0) is 19.5. The van der Waals surface area contributed by atoms with Crippen LogP contribution in [0.25, 0.3) is 0 Å². The highest BCUT2D eigenvalue weighted by Crippen LogP contribution is 2.50. The Labute approximate surface area is 163 Å². The van der Waals surface area contributed by atoms with Crippen molar-refractivity contribution in [2.45, 2.75) is 44.6 Å². The van der Waals surface area contributed by atoms with E-state index in [9.17, 15) is 14.3 Å². The van der Waals surface area contributed by atoms with Crippen LogP contribution in [0.1, 0.15) is 53.5 Å². The third kappa shape index (κ3) is 2.69. The minimum atomic E-state index is -0.993. The first-order valence-corrected chi connectivity index (χ1v) is 10.3. The minimum absolute atomic E-state index is 0.0180. The third-order valence-electron chi connectivity index (χ3n) is 7.18. The van der Waals surface area contributed by atoms with E-state index in [1.165, 1.54) is 12.1 Å². The zero-order valence-electron chi connectivity index (χ0n) is 16.1. The van der Waals surface area contributed by atoms with E-state index in [1.54, 1.807) is 12.1 Å². The molecular weight excluding hydrogens is 357 g/mol. The van der Waals surface area contributed by atoms with Crippen LogP contribution in [0.15, 0.2) is 24.3 Å². The molecule has 1 aliphatic heterocycles. The molecule has 2 N–H and O–H groups in total. The van der Waals surface area contributed by atoms with Crippen molar-refractivity contribution in [2.24, 2.45) is 17.8 Å². The number of carbonyl (C=O) groups excluding carboxylic acids is 1. The average molecular weight is 383 g/mol. The van der Waals surface area contributed by atoms with Crippen molar-refractivity contribution >= 4 is 5.91 Å². The van der Waals surface area contributed by atoms with Gasteiger partial charge in [0.15, 0.2) is 5.69 Å². The lowest BCUT2D eigenvalue weighted by Gasteiger charge is -2.30. The molecule has 1 aromatic carbocycles. The molecule has 2 aromatic rings. The summed E-state index contributed by atoms with van der Waals surface area (Å²) in [5, 5.41) is 18.8. The van der Waals surface area contributed by atoms with E-state index >= 15 is 0 Å². The number of rotatable bonds is 2. The molecule has 5 nitrogen and oxygen atoms in total. The van der Waals surface area contributed by atoms with Gasteiger partial charge in [-0.05, 0) is 61.6 Å². The molecule has 3 aliphatic rings. The maximum Gasteiger partial charge on any atom is 0.274 e. The Morgan fingerprint density at radius 1 is 1.29 bits per heavy atom. The van der Waals surface area contributed by atoms with Crippen LogP contribution in [-0.4, -0.2) is 39.2 Å². The molecule has 1 aromatic heterocycles. The Kier molecular flexibility index (Phi) is 4.09. The molecule has 5 rings (SSSR count). The lowest BCUT2D eigenvalue weighted by atomic mass is 9.82. The van der Waals surface area contributed by atoms with Crippen LogP contribution < -0.4 is 0 Å². The van der Waals surface area contributed by atoms with Gasteiger partial charge < -0.3 is 10.0 Å². The van der Waals surface area contributed by atoms with Crippen LogP contribution in [0.2, 0.25) is 0 Å².